The number of para-hydroxylation sites is 1. The van der Waals surface area contributed by atoms with Crippen LogP contribution in [0.5, 0.6) is 0 Å². The number of rotatable bonds is 5. The van der Waals surface area contributed by atoms with Gasteiger partial charge in [0, 0.05) is 17.1 Å². The highest BCUT2D eigenvalue weighted by atomic mass is 79.9. The predicted molar refractivity (Wildman–Crippen MR) is 92.2 cm³/mol. The summed E-state index contributed by atoms with van der Waals surface area (Å²) in [5.41, 5.74) is 0.907. The summed E-state index contributed by atoms with van der Waals surface area (Å²) >= 11 is 3.37. The number of aryl methyl sites for hydroxylation is 1. The van der Waals surface area contributed by atoms with E-state index in [2.05, 4.69) is 15.9 Å². The number of benzene rings is 2. The monoisotopic (exact) mass is 398 g/mol. The SMILES string of the molecule is CCN(c1ccc(Br)c(C)c1)S(=O)(=O)c1ccccc1[N+](=O)[O-]. The second kappa shape index (κ2) is 6.67. The van der Waals surface area contributed by atoms with Gasteiger partial charge in [-0.2, -0.15) is 0 Å². The minimum Gasteiger partial charge on any atom is -0.266 e. The summed E-state index contributed by atoms with van der Waals surface area (Å²) < 4.78 is 27.8. The molecule has 0 fully saturated rings. The van der Waals surface area contributed by atoms with Gasteiger partial charge < -0.3 is 0 Å². The van der Waals surface area contributed by atoms with E-state index in [1.165, 1.54) is 24.3 Å². The first-order valence-electron chi connectivity index (χ1n) is 6.81. The molecule has 0 aliphatic heterocycles. The second-order valence-electron chi connectivity index (χ2n) is 4.83. The Morgan fingerprint density at radius 2 is 1.87 bits per heavy atom. The fraction of sp³-hybridized carbons (Fsp3) is 0.200. The third-order valence-electron chi connectivity index (χ3n) is 3.35. The molecule has 0 saturated carbocycles. The van der Waals surface area contributed by atoms with Crippen LogP contribution in [0.25, 0.3) is 0 Å². The zero-order valence-electron chi connectivity index (χ0n) is 12.6. The molecule has 0 saturated heterocycles. The molecule has 0 bridgehead atoms. The molecular formula is C15H15BrN2O4S. The van der Waals surface area contributed by atoms with Gasteiger partial charge >= 0.3 is 0 Å². The van der Waals surface area contributed by atoms with Crippen molar-refractivity contribution < 1.29 is 13.3 Å². The van der Waals surface area contributed by atoms with E-state index in [-0.39, 0.29) is 11.4 Å². The van der Waals surface area contributed by atoms with Crippen LogP contribution >= 0.6 is 15.9 Å². The van der Waals surface area contributed by atoms with Gasteiger partial charge in [0.1, 0.15) is 0 Å². The molecule has 0 radical (unpaired) electrons. The van der Waals surface area contributed by atoms with Crippen molar-refractivity contribution in [3.05, 3.63) is 62.6 Å². The molecular weight excluding hydrogens is 384 g/mol. The summed E-state index contributed by atoms with van der Waals surface area (Å²) in [6.07, 6.45) is 0. The van der Waals surface area contributed by atoms with Crippen LogP contribution in [-0.4, -0.2) is 19.9 Å². The quantitative estimate of drug-likeness (QED) is 0.565. The maximum Gasteiger partial charge on any atom is 0.289 e. The first kappa shape index (κ1) is 17.4. The maximum absolute atomic E-state index is 12.9. The van der Waals surface area contributed by atoms with Gasteiger partial charge in [-0.3, -0.25) is 14.4 Å². The molecule has 0 aromatic heterocycles. The molecule has 0 amide bonds. The van der Waals surface area contributed by atoms with Crippen LogP contribution in [0.15, 0.2) is 51.8 Å². The fourth-order valence-electron chi connectivity index (χ4n) is 2.22. The summed E-state index contributed by atoms with van der Waals surface area (Å²) in [5, 5.41) is 11.1. The fourth-order valence-corrected chi connectivity index (χ4v) is 4.09. The van der Waals surface area contributed by atoms with Crippen LogP contribution in [0.1, 0.15) is 12.5 Å². The van der Waals surface area contributed by atoms with Crippen molar-refractivity contribution in [1.82, 2.24) is 0 Å². The Labute approximate surface area is 143 Å². The van der Waals surface area contributed by atoms with E-state index in [0.29, 0.717) is 5.69 Å². The molecule has 23 heavy (non-hydrogen) atoms. The van der Waals surface area contributed by atoms with Gasteiger partial charge in [0.05, 0.1) is 10.6 Å². The van der Waals surface area contributed by atoms with Crippen molar-refractivity contribution in [3.8, 4) is 0 Å². The Bertz CT molecular complexity index is 852. The Balaban J connectivity index is 2.60. The Morgan fingerprint density at radius 3 is 2.43 bits per heavy atom. The molecule has 0 spiro atoms. The Kier molecular flexibility index (Phi) is 5.06. The third-order valence-corrected chi connectivity index (χ3v) is 6.19. The summed E-state index contributed by atoms with van der Waals surface area (Å²) in [6.45, 7) is 3.69. The zero-order chi connectivity index (χ0) is 17.2. The van der Waals surface area contributed by atoms with Gasteiger partial charge in [-0.05, 0) is 43.7 Å². The van der Waals surface area contributed by atoms with E-state index in [1.807, 2.05) is 6.92 Å². The first-order valence-corrected chi connectivity index (χ1v) is 9.04. The minimum atomic E-state index is -4.03. The molecule has 6 nitrogen and oxygen atoms in total. The van der Waals surface area contributed by atoms with E-state index in [1.54, 1.807) is 25.1 Å². The molecule has 8 heteroatoms. The normalized spacial score (nSPS) is 11.3. The average molecular weight is 399 g/mol. The molecule has 0 N–H and O–H groups in total. The van der Waals surface area contributed by atoms with Gasteiger partial charge in [0.25, 0.3) is 15.7 Å². The molecule has 122 valence electrons. The lowest BCUT2D eigenvalue weighted by molar-refractivity contribution is -0.387. The van der Waals surface area contributed by atoms with E-state index in [9.17, 15) is 18.5 Å². The largest absolute Gasteiger partial charge is 0.289 e. The lowest BCUT2D eigenvalue weighted by Crippen LogP contribution is -2.31. The summed E-state index contributed by atoms with van der Waals surface area (Å²) in [7, 11) is -4.03. The van der Waals surface area contributed by atoms with Crippen molar-refractivity contribution in [2.75, 3.05) is 10.8 Å². The molecule has 2 aromatic rings. The summed E-state index contributed by atoms with van der Waals surface area (Å²) in [6, 6.07) is 10.5. The van der Waals surface area contributed by atoms with E-state index < -0.39 is 20.6 Å². The molecule has 0 heterocycles. The predicted octanol–water partition coefficient (Wildman–Crippen LogP) is 3.88. The molecule has 0 unspecified atom stereocenters. The number of hydrogen-bond acceptors (Lipinski definition) is 4. The smallest absolute Gasteiger partial charge is 0.266 e. The second-order valence-corrected chi connectivity index (χ2v) is 7.51. The number of sulfonamides is 1. The Morgan fingerprint density at radius 1 is 1.22 bits per heavy atom. The molecule has 0 atom stereocenters. The van der Waals surface area contributed by atoms with Gasteiger partial charge in [-0.15, -0.1) is 0 Å². The van der Waals surface area contributed by atoms with Gasteiger partial charge in [-0.25, -0.2) is 8.42 Å². The Hall–Kier alpha value is -1.93. The summed E-state index contributed by atoms with van der Waals surface area (Å²) in [5.74, 6) is 0. The van der Waals surface area contributed by atoms with Crippen molar-refractivity contribution in [1.29, 1.82) is 0 Å². The topological polar surface area (TPSA) is 80.5 Å². The number of hydrogen-bond donors (Lipinski definition) is 0. The van der Waals surface area contributed by atoms with E-state index in [0.717, 1.165) is 14.3 Å². The third kappa shape index (κ3) is 3.37. The minimum absolute atomic E-state index is 0.162. The number of nitro benzene ring substituents is 1. The van der Waals surface area contributed by atoms with Crippen LogP contribution < -0.4 is 4.31 Å². The average Bonchev–Trinajstić information content (AvgIpc) is 2.51. The van der Waals surface area contributed by atoms with Gasteiger partial charge in [0.2, 0.25) is 0 Å². The van der Waals surface area contributed by atoms with Crippen LogP contribution in [0.2, 0.25) is 0 Å². The maximum atomic E-state index is 12.9. The van der Waals surface area contributed by atoms with E-state index in [4.69, 9.17) is 0 Å². The zero-order valence-corrected chi connectivity index (χ0v) is 15.0. The van der Waals surface area contributed by atoms with Crippen LogP contribution in [0.4, 0.5) is 11.4 Å². The highest BCUT2D eigenvalue weighted by Gasteiger charge is 2.30. The van der Waals surface area contributed by atoms with Crippen molar-refractivity contribution in [2.45, 2.75) is 18.7 Å². The highest BCUT2D eigenvalue weighted by molar-refractivity contribution is 9.10. The van der Waals surface area contributed by atoms with Crippen molar-refractivity contribution >= 4 is 37.3 Å². The lowest BCUT2D eigenvalue weighted by Gasteiger charge is -2.23. The van der Waals surface area contributed by atoms with Crippen LogP contribution in [-0.2, 0) is 10.0 Å². The number of nitrogens with zero attached hydrogens (tertiary/aromatic N) is 2. The molecule has 2 rings (SSSR count). The number of nitro groups is 1. The molecule has 2 aromatic carbocycles. The number of halogens is 1. The first-order chi connectivity index (χ1) is 10.8. The lowest BCUT2D eigenvalue weighted by atomic mass is 10.2. The van der Waals surface area contributed by atoms with E-state index >= 15 is 0 Å². The standard InChI is InChI=1S/C15H15BrN2O4S/c1-3-17(12-8-9-13(16)11(2)10-12)23(21,22)15-7-5-4-6-14(15)18(19)20/h4-10H,3H2,1-2H3. The van der Waals surface area contributed by atoms with Crippen molar-refractivity contribution in [2.24, 2.45) is 0 Å². The molecule has 0 aliphatic rings. The van der Waals surface area contributed by atoms with Crippen molar-refractivity contribution in [3.63, 3.8) is 0 Å². The van der Waals surface area contributed by atoms with Crippen LogP contribution in [0, 0.1) is 17.0 Å². The number of anilines is 1. The molecule has 0 aliphatic carbocycles. The van der Waals surface area contributed by atoms with Crippen LogP contribution in [0.3, 0.4) is 0 Å². The summed E-state index contributed by atoms with van der Waals surface area (Å²) in [4.78, 5) is 10.1. The van der Waals surface area contributed by atoms with Gasteiger partial charge in [0.15, 0.2) is 4.90 Å². The van der Waals surface area contributed by atoms with Gasteiger partial charge in [-0.1, -0.05) is 28.1 Å². The highest BCUT2D eigenvalue weighted by Crippen LogP contribution is 2.31.